The van der Waals surface area contributed by atoms with Crippen molar-refractivity contribution in [3.05, 3.63) is 34.3 Å². The topological polar surface area (TPSA) is 66.8 Å². The summed E-state index contributed by atoms with van der Waals surface area (Å²) in [6, 6.07) is 7.27. The van der Waals surface area contributed by atoms with Crippen molar-refractivity contribution in [3.8, 4) is 0 Å². The van der Waals surface area contributed by atoms with Gasteiger partial charge in [0, 0.05) is 23.1 Å². The molecular weight excluding hydrogens is 326 g/mol. The average Bonchev–Trinajstić information content (AvgIpc) is 2.46. The first-order chi connectivity index (χ1) is 9.56. The van der Waals surface area contributed by atoms with Crippen LogP contribution >= 0.6 is 15.9 Å². The molecule has 1 amide bonds. The Kier molecular flexibility index (Phi) is 5.14. The fraction of sp³-hybridized carbons (Fsp3) is 0.429. The molecule has 0 unspecified atom stereocenters. The number of carbonyl (C=O) groups excluding carboxylic acids is 1. The van der Waals surface area contributed by atoms with Crippen LogP contribution in [-0.4, -0.2) is 47.7 Å². The molecule has 108 valence electrons. The first-order valence-electron chi connectivity index (χ1n) is 6.44. The largest absolute Gasteiger partial charge is 0.480 e. The van der Waals surface area contributed by atoms with Gasteiger partial charge in [-0.05, 0) is 37.1 Å². The van der Waals surface area contributed by atoms with Gasteiger partial charge in [-0.15, -0.1) is 0 Å². The number of ether oxygens (including phenoxy) is 1. The molecule has 1 fully saturated rings. The number of likely N-dealkylation sites (tertiary alicyclic amines) is 1. The third-order valence-electron chi connectivity index (χ3n) is 3.26. The van der Waals surface area contributed by atoms with E-state index in [-0.39, 0.29) is 18.6 Å². The number of aliphatic carboxylic acids is 1. The monoisotopic (exact) mass is 341 g/mol. The molecule has 0 aromatic heterocycles. The molecule has 1 aromatic rings. The maximum Gasteiger partial charge on any atom is 0.329 e. The molecular formula is C14H16BrNO4. The number of nitrogens with zero attached hydrogens (tertiary/aromatic N) is 1. The minimum absolute atomic E-state index is 0.00850. The van der Waals surface area contributed by atoms with Crippen LogP contribution in [0, 0.1) is 0 Å². The van der Waals surface area contributed by atoms with Gasteiger partial charge in [-0.1, -0.05) is 15.9 Å². The number of hydrogen-bond acceptors (Lipinski definition) is 3. The Morgan fingerprint density at radius 2 is 1.85 bits per heavy atom. The zero-order chi connectivity index (χ0) is 14.5. The van der Waals surface area contributed by atoms with Crippen molar-refractivity contribution in [2.75, 3.05) is 19.7 Å². The first kappa shape index (κ1) is 15.0. The number of halogens is 1. The molecule has 0 saturated carbocycles. The summed E-state index contributed by atoms with van der Waals surface area (Å²) in [5.74, 6) is -0.951. The number of amides is 1. The SMILES string of the molecule is O=C(O)COC1CCN(C(=O)c2ccc(Br)cc2)CC1. The van der Waals surface area contributed by atoms with Crippen LogP contribution in [0.4, 0.5) is 0 Å². The highest BCUT2D eigenvalue weighted by molar-refractivity contribution is 9.10. The van der Waals surface area contributed by atoms with Crippen LogP contribution in [0.5, 0.6) is 0 Å². The lowest BCUT2D eigenvalue weighted by molar-refractivity contribution is -0.145. The van der Waals surface area contributed by atoms with E-state index in [1.165, 1.54) is 0 Å². The van der Waals surface area contributed by atoms with Crippen LogP contribution in [0.25, 0.3) is 0 Å². The smallest absolute Gasteiger partial charge is 0.329 e. The van der Waals surface area contributed by atoms with E-state index in [0.29, 0.717) is 31.5 Å². The molecule has 0 bridgehead atoms. The fourth-order valence-corrected chi connectivity index (χ4v) is 2.45. The van der Waals surface area contributed by atoms with E-state index >= 15 is 0 Å². The van der Waals surface area contributed by atoms with Gasteiger partial charge < -0.3 is 14.7 Å². The van der Waals surface area contributed by atoms with Gasteiger partial charge >= 0.3 is 5.97 Å². The van der Waals surface area contributed by atoms with Crippen LogP contribution in [0.1, 0.15) is 23.2 Å². The van der Waals surface area contributed by atoms with E-state index in [0.717, 1.165) is 4.47 Å². The summed E-state index contributed by atoms with van der Waals surface area (Å²) >= 11 is 3.34. The lowest BCUT2D eigenvalue weighted by Crippen LogP contribution is -2.41. The minimum atomic E-state index is -0.960. The van der Waals surface area contributed by atoms with E-state index < -0.39 is 5.97 Å². The number of carboxylic acid groups (broad SMARTS) is 1. The molecule has 0 aliphatic carbocycles. The number of rotatable bonds is 4. The number of hydrogen-bond donors (Lipinski definition) is 1. The molecule has 1 aliphatic rings. The van der Waals surface area contributed by atoms with E-state index in [1.807, 2.05) is 12.1 Å². The Labute approximate surface area is 125 Å². The van der Waals surface area contributed by atoms with Crippen LogP contribution in [0.2, 0.25) is 0 Å². The lowest BCUT2D eigenvalue weighted by Gasteiger charge is -2.31. The van der Waals surface area contributed by atoms with E-state index in [4.69, 9.17) is 9.84 Å². The predicted molar refractivity (Wildman–Crippen MR) is 76.7 cm³/mol. The van der Waals surface area contributed by atoms with Gasteiger partial charge in [0.25, 0.3) is 5.91 Å². The number of benzene rings is 1. The number of carboxylic acids is 1. The molecule has 1 saturated heterocycles. The third kappa shape index (κ3) is 4.05. The van der Waals surface area contributed by atoms with Crippen LogP contribution in [0.3, 0.4) is 0 Å². The molecule has 5 nitrogen and oxygen atoms in total. The summed E-state index contributed by atoms with van der Waals surface area (Å²) in [4.78, 5) is 24.5. The van der Waals surface area contributed by atoms with Gasteiger partial charge in [-0.25, -0.2) is 4.79 Å². The standard InChI is InChI=1S/C14H16BrNO4/c15-11-3-1-10(2-4-11)14(19)16-7-5-12(6-8-16)20-9-13(17)18/h1-4,12H,5-9H2,(H,17,18). The van der Waals surface area contributed by atoms with E-state index in [2.05, 4.69) is 15.9 Å². The van der Waals surface area contributed by atoms with Gasteiger partial charge in [0.1, 0.15) is 6.61 Å². The Morgan fingerprint density at radius 3 is 2.40 bits per heavy atom. The van der Waals surface area contributed by atoms with Crippen LogP contribution in [-0.2, 0) is 9.53 Å². The molecule has 20 heavy (non-hydrogen) atoms. The zero-order valence-electron chi connectivity index (χ0n) is 10.9. The average molecular weight is 342 g/mol. The zero-order valence-corrected chi connectivity index (χ0v) is 12.5. The summed E-state index contributed by atoms with van der Waals surface area (Å²) in [6.45, 7) is 0.920. The van der Waals surface area contributed by atoms with Crippen LogP contribution in [0.15, 0.2) is 28.7 Å². The predicted octanol–water partition coefficient (Wildman–Crippen LogP) is 2.15. The third-order valence-corrected chi connectivity index (χ3v) is 3.79. The van der Waals surface area contributed by atoms with Crippen molar-refractivity contribution >= 4 is 27.8 Å². The van der Waals surface area contributed by atoms with Crippen molar-refractivity contribution < 1.29 is 19.4 Å². The summed E-state index contributed by atoms with van der Waals surface area (Å²) in [7, 11) is 0. The molecule has 0 spiro atoms. The molecule has 1 N–H and O–H groups in total. The summed E-state index contributed by atoms with van der Waals surface area (Å²) in [5.41, 5.74) is 0.665. The molecule has 1 aromatic carbocycles. The first-order valence-corrected chi connectivity index (χ1v) is 7.24. The second-order valence-electron chi connectivity index (χ2n) is 4.70. The minimum Gasteiger partial charge on any atom is -0.480 e. The Balaban J connectivity index is 1.85. The highest BCUT2D eigenvalue weighted by atomic mass is 79.9. The second-order valence-corrected chi connectivity index (χ2v) is 5.62. The van der Waals surface area contributed by atoms with Gasteiger partial charge in [0.05, 0.1) is 6.10 Å². The summed E-state index contributed by atoms with van der Waals surface area (Å²) in [6.07, 6.45) is 1.28. The second kappa shape index (κ2) is 6.85. The normalized spacial score (nSPS) is 16.1. The highest BCUT2D eigenvalue weighted by Gasteiger charge is 2.24. The molecule has 0 radical (unpaired) electrons. The molecule has 2 rings (SSSR count). The molecule has 0 atom stereocenters. The van der Waals surface area contributed by atoms with Gasteiger partial charge in [0.2, 0.25) is 0 Å². The number of piperidine rings is 1. The Morgan fingerprint density at radius 1 is 1.25 bits per heavy atom. The summed E-state index contributed by atoms with van der Waals surface area (Å²) < 4.78 is 6.19. The van der Waals surface area contributed by atoms with E-state index in [9.17, 15) is 9.59 Å². The van der Waals surface area contributed by atoms with Crippen molar-refractivity contribution in [1.82, 2.24) is 4.90 Å². The van der Waals surface area contributed by atoms with Crippen molar-refractivity contribution in [1.29, 1.82) is 0 Å². The van der Waals surface area contributed by atoms with Gasteiger partial charge in [-0.2, -0.15) is 0 Å². The quantitative estimate of drug-likeness (QED) is 0.911. The molecule has 1 heterocycles. The van der Waals surface area contributed by atoms with Gasteiger partial charge in [-0.3, -0.25) is 4.79 Å². The maximum atomic E-state index is 12.3. The van der Waals surface area contributed by atoms with Gasteiger partial charge in [0.15, 0.2) is 0 Å². The van der Waals surface area contributed by atoms with Crippen molar-refractivity contribution in [2.45, 2.75) is 18.9 Å². The molecule has 6 heteroatoms. The number of carbonyl (C=O) groups is 2. The maximum absolute atomic E-state index is 12.3. The fourth-order valence-electron chi connectivity index (χ4n) is 2.19. The molecule has 1 aliphatic heterocycles. The Bertz CT molecular complexity index is 480. The van der Waals surface area contributed by atoms with E-state index in [1.54, 1.807) is 17.0 Å². The summed E-state index contributed by atoms with van der Waals surface area (Å²) in [5, 5.41) is 8.56. The van der Waals surface area contributed by atoms with Crippen LogP contribution < -0.4 is 0 Å². The highest BCUT2D eigenvalue weighted by Crippen LogP contribution is 2.17. The van der Waals surface area contributed by atoms with Crippen molar-refractivity contribution in [3.63, 3.8) is 0 Å². The lowest BCUT2D eigenvalue weighted by atomic mass is 10.1. The Hall–Kier alpha value is -1.40. The van der Waals surface area contributed by atoms with Crippen molar-refractivity contribution in [2.24, 2.45) is 0 Å².